The van der Waals surface area contributed by atoms with Gasteiger partial charge in [0.1, 0.15) is 28.9 Å². The minimum atomic E-state index is -1.23. The minimum absolute atomic E-state index is 0.0611. The lowest BCUT2D eigenvalue weighted by Gasteiger charge is -2.34. The monoisotopic (exact) mass is 607 g/mol. The lowest BCUT2D eigenvalue weighted by molar-refractivity contribution is -0.142. The number of methoxy groups -OCH3 is 1. The lowest BCUT2D eigenvalue weighted by atomic mass is 9.74. The number of likely N-dealkylation sites (tertiary alicyclic amines) is 1. The van der Waals surface area contributed by atoms with Crippen LogP contribution < -0.4 is 20.1 Å². The van der Waals surface area contributed by atoms with Crippen LogP contribution in [0, 0.1) is 11.8 Å². The normalized spacial score (nSPS) is 26.9. The first-order valence-corrected chi connectivity index (χ1v) is 15.7. The van der Waals surface area contributed by atoms with Crippen LogP contribution in [-0.2, 0) is 25.7 Å². The van der Waals surface area contributed by atoms with Crippen molar-refractivity contribution >= 4 is 23.4 Å². The van der Waals surface area contributed by atoms with Gasteiger partial charge in [0.25, 0.3) is 0 Å². The first kappa shape index (κ1) is 29.1. The van der Waals surface area contributed by atoms with Crippen LogP contribution >= 0.6 is 0 Å². The van der Waals surface area contributed by atoms with Crippen molar-refractivity contribution in [2.24, 2.45) is 11.8 Å². The maximum absolute atomic E-state index is 14.3. The predicted molar refractivity (Wildman–Crippen MR) is 168 cm³/mol. The molecule has 45 heavy (non-hydrogen) atoms. The summed E-state index contributed by atoms with van der Waals surface area (Å²) in [6.07, 6.45) is 8.19. The quantitative estimate of drug-likeness (QED) is 0.323. The predicted octanol–water partition coefficient (Wildman–Crippen LogP) is 5.23. The van der Waals surface area contributed by atoms with Gasteiger partial charge in [0.05, 0.1) is 25.0 Å². The number of carbonyl (C=O) groups is 3. The number of amides is 3. The van der Waals surface area contributed by atoms with E-state index in [0.717, 1.165) is 37.7 Å². The highest BCUT2D eigenvalue weighted by molar-refractivity contribution is 6.02. The van der Waals surface area contributed by atoms with Gasteiger partial charge in [-0.2, -0.15) is 0 Å². The number of para-hydroxylation sites is 1. The summed E-state index contributed by atoms with van der Waals surface area (Å²) in [6.45, 7) is 0.191. The maximum Gasteiger partial charge on any atom is 0.246 e. The highest BCUT2D eigenvalue weighted by Crippen LogP contribution is 2.55. The van der Waals surface area contributed by atoms with E-state index in [1.807, 2.05) is 66.7 Å². The number of hydrogen-bond acceptors (Lipinski definition) is 6. The Morgan fingerprint density at radius 1 is 0.911 bits per heavy atom. The van der Waals surface area contributed by atoms with Crippen LogP contribution in [-0.4, -0.2) is 53.5 Å². The van der Waals surface area contributed by atoms with Gasteiger partial charge in [-0.1, -0.05) is 61.7 Å². The largest absolute Gasteiger partial charge is 0.497 e. The van der Waals surface area contributed by atoms with Crippen molar-refractivity contribution < 1.29 is 28.6 Å². The molecule has 3 aliphatic heterocycles. The zero-order valence-electron chi connectivity index (χ0n) is 25.2. The Kier molecular flexibility index (Phi) is 7.79. The van der Waals surface area contributed by atoms with Crippen LogP contribution in [0.3, 0.4) is 0 Å². The molecule has 3 amide bonds. The second-order valence-corrected chi connectivity index (χ2v) is 12.3. The summed E-state index contributed by atoms with van der Waals surface area (Å²) in [5, 5.41) is 6.22. The van der Waals surface area contributed by atoms with Crippen molar-refractivity contribution in [1.82, 2.24) is 10.2 Å². The molecule has 3 aromatic carbocycles. The molecule has 0 aromatic heterocycles. The van der Waals surface area contributed by atoms with E-state index in [0.29, 0.717) is 22.9 Å². The Hall–Kier alpha value is -4.63. The molecule has 5 atom stereocenters. The molecule has 4 aliphatic rings. The average molecular weight is 608 g/mol. The molecule has 2 bridgehead atoms. The van der Waals surface area contributed by atoms with E-state index < -0.39 is 29.6 Å². The first-order chi connectivity index (χ1) is 21.9. The maximum atomic E-state index is 14.3. The summed E-state index contributed by atoms with van der Waals surface area (Å²) in [5.74, 6) is -0.433. The number of carbonyl (C=O) groups excluding carboxylic acids is 3. The number of nitrogens with one attached hydrogen (secondary N) is 2. The smallest absolute Gasteiger partial charge is 0.246 e. The zero-order chi connectivity index (χ0) is 31.0. The van der Waals surface area contributed by atoms with Gasteiger partial charge in [0.2, 0.25) is 17.7 Å². The van der Waals surface area contributed by atoms with E-state index in [9.17, 15) is 14.4 Å². The van der Waals surface area contributed by atoms with Gasteiger partial charge in [-0.05, 0) is 66.9 Å². The van der Waals surface area contributed by atoms with Gasteiger partial charge in [-0.3, -0.25) is 14.4 Å². The fourth-order valence-electron chi connectivity index (χ4n) is 7.39. The third-order valence-electron chi connectivity index (χ3n) is 9.46. The van der Waals surface area contributed by atoms with Crippen molar-refractivity contribution in [3.63, 3.8) is 0 Å². The molecule has 1 aliphatic carbocycles. The lowest BCUT2D eigenvalue weighted by Crippen LogP contribution is -2.56. The van der Waals surface area contributed by atoms with Crippen LogP contribution in [0.25, 0.3) is 0 Å². The minimum Gasteiger partial charge on any atom is -0.497 e. The number of hydrogen-bond donors (Lipinski definition) is 2. The number of benzene rings is 3. The fraction of sp³-hybridized carbons (Fsp3) is 0.361. The van der Waals surface area contributed by atoms with Gasteiger partial charge in [-0.15, -0.1) is 0 Å². The standard InChI is InChI=1S/C36H37N3O6/c1-43-28-14-8-9-23(21-28)22-39-32(34(41)38-24-10-4-2-5-11-24)36-20-19-29(45-36)30(31(36)35(39)42)33(40)37-25-15-17-27(18-16-25)44-26-12-6-3-7-13-26/h3,6-9,12-21,24,29-32H,2,4-5,10-11,22H2,1H3,(H,37,40)(H,38,41)/t29-,30?,31-,32?,36?/m1/s1. The molecule has 9 nitrogen and oxygen atoms in total. The number of nitrogens with zero attached hydrogens (tertiary/aromatic N) is 1. The van der Waals surface area contributed by atoms with Crippen LogP contribution in [0.5, 0.6) is 17.2 Å². The highest BCUT2D eigenvalue weighted by atomic mass is 16.5. The Labute approximate surface area is 262 Å². The summed E-state index contributed by atoms with van der Waals surface area (Å²) in [6, 6.07) is 23.2. The van der Waals surface area contributed by atoms with Gasteiger partial charge in [0.15, 0.2) is 0 Å². The van der Waals surface area contributed by atoms with E-state index in [4.69, 9.17) is 14.2 Å². The molecule has 1 spiro atoms. The van der Waals surface area contributed by atoms with Crippen molar-refractivity contribution in [1.29, 1.82) is 0 Å². The van der Waals surface area contributed by atoms with Crippen LogP contribution in [0.15, 0.2) is 91.0 Å². The van der Waals surface area contributed by atoms with Crippen molar-refractivity contribution in [2.75, 3.05) is 12.4 Å². The summed E-state index contributed by atoms with van der Waals surface area (Å²) >= 11 is 0. The molecule has 3 fully saturated rings. The molecule has 7 rings (SSSR count). The molecule has 0 radical (unpaired) electrons. The van der Waals surface area contributed by atoms with Gasteiger partial charge >= 0.3 is 0 Å². The van der Waals surface area contributed by atoms with E-state index in [1.54, 1.807) is 36.3 Å². The summed E-state index contributed by atoms with van der Waals surface area (Å²) in [7, 11) is 1.59. The Morgan fingerprint density at radius 3 is 2.40 bits per heavy atom. The van der Waals surface area contributed by atoms with Gasteiger partial charge < -0.3 is 29.7 Å². The Morgan fingerprint density at radius 2 is 1.64 bits per heavy atom. The molecule has 2 N–H and O–H groups in total. The van der Waals surface area contributed by atoms with E-state index in [1.165, 1.54) is 0 Å². The summed E-state index contributed by atoms with van der Waals surface area (Å²) < 4.78 is 17.8. The molecular weight excluding hydrogens is 570 g/mol. The fourth-order valence-corrected chi connectivity index (χ4v) is 7.39. The Balaban J connectivity index is 1.14. The van der Waals surface area contributed by atoms with Gasteiger partial charge in [0, 0.05) is 18.3 Å². The topological polar surface area (TPSA) is 106 Å². The van der Waals surface area contributed by atoms with Crippen molar-refractivity contribution in [3.8, 4) is 17.2 Å². The molecule has 3 aromatic rings. The molecular formula is C36H37N3O6. The highest BCUT2D eigenvalue weighted by Gasteiger charge is 2.72. The molecule has 9 heteroatoms. The van der Waals surface area contributed by atoms with Crippen molar-refractivity contribution in [3.05, 3.63) is 96.6 Å². The van der Waals surface area contributed by atoms with E-state index in [2.05, 4.69) is 10.6 Å². The molecule has 1 saturated carbocycles. The summed E-state index contributed by atoms with van der Waals surface area (Å²) in [5.41, 5.74) is 0.174. The summed E-state index contributed by atoms with van der Waals surface area (Å²) in [4.78, 5) is 43.9. The molecule has 2 saturated heterocycles. The Bertz CT molecular complexity index is 1600. The van der Waals surface area contributed by atoms with E-state index >= 15 is 0 Å². The zero-order valence-corrected chi connectivity index (χ0v) is 25.2. The molecule has 232 valence electrons. The van der Waals surface area contributed by atoms with E-state index in [-0.39, 0.29) is 30.3 Å². The number of rotatable bonds is 9. The molecule has 3 unspecified atom stereocenters. The van der Waals surface area contributed by atoms with Gasteiger partial charge in [-0.25, -0.2) is 0 Å². The van der Waals surface area contributed by atoms with Crippen LogP contribution in [0.4, 0.5) is 5.69 Å². The number of fused-ring (bicyclic) bond motifs is 1. The average Bonchev–Trinajstić information content (AvgIpc) is 3.70. The number of ether oxygens (including phenoxy) is 3. The second-order valence-electron chi connectivity index (χ2n) is 12.3. The van der Waals surface area contributed by atoms with Crippen LogP contribution in [0.1, 0.15) is 37.7 Å². The third-order valence-corrected chi connectivity index (χ3v) is 9.46. The SMILES string of the molecule is COc1cccc(CN2C(=O)[C@H]3C(C(=O)Nc4ccc(Oc5ccccc5)cc4)[C@H]4C=CC3(O4)C2C(=O)NC2CCCCC2)c1. The van der Waals surface area contributed by atoms with Crippen LogP contribution in [0.2, 0.25) is 0 Å². The third kappa shape index (κ3) is 5.46. The number of anilines is 1. The molecule has 3 heterocycles. The second kappa shape index (κ2) is 12.0. The van der Waals surface area contributed by atoms with Crippen molar-refractivity contribution in [2.45, 2.75) is 62.4 Å². The first-order valence-electron chi connectivity index (χ1n) is 15.7.